The summed E-state index contributed by atoms with van der Waals surface area (Å²) >= 11 is 5.83. The third kappa shape index (κ3) is 3.71. The third-order valence-corrected chi connectivity index (χ3v) is 4.83. The van der Waals surface area contributed by atoms with Crippen molar-refractivity contribution in [2.45, 2.75) is 45.0 Å². The molecule has 1 fully saturated rings. The molecule has 3 rings (SSSR count). The standard InChI is InChI=1S/C17H19ClF2N2O/c1-10-8-11(10)4-2-3-7-17(19,20)15-16(23)22-14-9-12(18)5-6-13(14)21-15/h5-6,9-11H,2-4,7-8H2,1H3,(H,22,23). The molecule has 1 saturated carbocycles. The van der Waals surface area contributed by atoms with Crippen molar-refractivity contribution in [1.29, 1.82) is 0 Å². The van der Waals surface area contributed by atoms with E-state index >= 15 is 0 Å². The summed E-state index contributed by atoms with van der Waals surface area (Å²) in [7, 11) is 0. The molecule has 1 aliphatic carbocycles. The summed E-state index contributed by atoms with van der Waals surface area (Å²) in [4.78, 5) is 18.3. The van der Waals surface area contributed by atoms with Crippen LogP contribution in [0.4, 0.5) is 8.78 Å². The first kappa shape index (κ1) is 16.4. The maximum Gasteiger partial charge on any atom is 0.295 e. The fourth-order valence-corrected chi connectivity index (χ4v) is 3.15. The summed E-state index contributed by atoms with van der Waals surface area (Å²) in [5.74, 6) is -1.76. The molecule has 0 radical (unpaired) electrons. The topological polar surface area (TPSA) is 45.8 Å². The lowest BCUT2D eigenvalue weighted by molar-refractivity contribution is -0.0214. The lowest BCUT2D eigenvalue weighted by Crippen LogP contribution is -2.27. The van der Waals surface area contributed by atoms with Crippen molar-refractivity contribution in [3.63, 3.8) is 0 Å². The van der Waals surface area contributed by atoms with Gasteiger partial charge >= 0.3 is 0 Å². The van der Waals surface area contributed by atoms with Gasteiger partial charge in [-0.1, -0.05) is 31.4 Å². The van der Waals surface area contributed by atoms with Crippen LogP contribution >= 0.6 is 11.6 Å². The second kappa shape index (κ2) is 6.19. The Morgan fingerprint density at radius 1 is 1.39 bits per heavy atom. The second-order valence-corrected chi connectivity index (χ2v) is 6.94. The van der Waals surface area contributed by atoms with E-state index in [2.05, 4.69) is 16.9 Å². The van der Waals surface area contributed by atoms with Crippen LogP contribution in [-0.4, -0.2) is 9.97 Å². The molecule has 0 spiro atoms. The zero-order valence-corrected chi connectivity index (χ0v) is 13.7. The van der Waals surface area contributed by atoms with Gasteiger partial charge in [0, 0.05) is 11.4 Å². The van der Waals surface area contributed by atoms with Crippen molar-refractivity contribution in [3.8, 4) is 0 Å². The Kier molecular flexibility index (Phi) is 4.41. The number of H-pyrrole nitrogens is 1. The molecule has 3 nitrogen and oxygen atoms in total. The molecule has 1 aliphatic rings. The predicted octanol–water partition coefficient (Wildman–Crippen LogP) is 4.88. The molecule has 1 N–H and O–H groups in total. The van der Waals surface area contributed by atoms with Gasteiger partial charge in [-0.05, 0) is 42.9 Å². The zero-order valence-electron chi connectivity index (χ0n) is 12.9. The molecule has 2 unspecified atom stereocenters. The Morgan fingerprint density at radius 2 is 2.13 bits per heavy atom. The molecular weight excluding hydrogens is 322 g/mol. The number of aromatic nitrogens is 2. The van der Waals surface area contributed by atoms with E-state index < -0.39 is 17.2 Å². The second-order valence-electron chi connectivity index (χ2n) is 6.50. The van der Waals surface area contributed by atoms with Crippen molar-refractivity contribution in [2.24, 2.45) is 11.8 Å². The van der Waals surface area contributed by atoms with E-state index in [0.717, 1.165) is 18.8 Å². The molecule has 2 aromatic rings. The van der Waals surface area contributed by atoms with Gasteiger partial charge in [0.2, 0.25) is 0 Å². The van der Waals surface area contributed by atoms with E-state index in [1.807, 2.05) is 0 Å². The molecule has 0 bridgehead atoms. The van der Waals surface area contributed by atoms with Gasteiger partial charge in [-0.3, -0.25) is 4.79 Å². The minimum absolute atomic E-state index is 0.315. The van der Waals surface area contributed by atoms with Crippen molar-refractivity contribution in [1.82, 2.24) is 9.97 Å². The molecule has 124 valence electrons. The van der Waals surface area contributed by atoms with Gasteiger partial charge in [0.1, 0.15) is 0 Å². The summed E-state index contributed by atoms with van der Waals surface area (Å²) in [6.07, 6.45) is 3.03. The van der Waals surface area contributed by atoms with E-state index in [0.29, 0.717) is 28.4 Å². The van der Waals surface area contributed by atoms with Crippen LogP contribution in [0.15, 0.2) is 23.0 Å². The Hall–Kier alpha value is -1.49. The van der Waals surface area contributed by atoms with Crippen molar-refractivity contribution in [2.75, 3.05) is 0 Å². The zero-order chi connectivity index (χ0) is 16.6. The highest BCUT2D eigenvalue weighted by molar-refractivity contribution is 6.31. The normalized spacial score (nSPS) is 20.9. The molecule has 0 amide bonds. The third-order valence-electron chi connectivity index (χ3n) is 4.59. The van der Waals surface area contributed by atoms with Gasteiger partial charge in [0.15, 0.2) is 5.69 Å². The van der Waals surface area contributed by atoms with Crippen LogP contribution in [0.5, 0.6) is 0 Å². The summed E-state index contributed by atoms with van der Waals surface area (Å²) < 4.78 is 28.7. The summed E-state index contributed by atoms with van der Waals surface area (Å²) in [6, 6.07) is 4.60. The number of unbranched alkanes of at least 4 members (excludes halogenated alkanes) is 1. The van der Waals surface area contributed by atoms with E-state index in [4.69, 9.17) is 11.6 Å². The minimum atomic E-state index is -3.21. The first-order chi connectivity index (χ1) is 10.9. The van der Waals surface area contributed by atoms with E-state index in [9.17, 15) is 13.6 Å². The van der Waals surface area contributed by atoms with Crippen molar-refractivity contribution < 1.29 is 8.78 Å². The molecule has 0 aliphatic heterocycles. The van der Waals surface area contributed by atoms with Crippen LogP contribution in [0.25, 0.3) is 11.0 Å². The number of aromatic amines is 1. The average molecular weight is 341 g/mol. The first-order valence-electron chi connectivity index (χ1n) is 7.95. The quantitative estimate of drug-likeness (QED) is 0.761. The van der Waals surface area contributed by atoms with Gasteiger partial charge in [-0.2, -0.15) is 8.78 Å². The van der Waals surface area contributed by atoms with Gasteiger partial charge in [-0.25, -0.2) is 4.98 Å². The monoisotopic (exact) mass is 340 g/mol. The largest absolute Gasteiger partial charge is 0.319 e. The fourth-order valence-electron chi connectivity index (χ4n) is 2.98. The smallest absolute Gasteiger partial charge is 0.295 e. The average Bonchev–Trinajstić information content (AvgIpc) is 3.18. The summed E-state index contributed by atoms with van der Waals surface area (Å²) in [5, 5.41) is 0.420. The molecule has 0 saturated heterocycles. The van der Waals surface area contributed by atoms with Gasteiger partial charge in [0.25, 0.3) is 11.5 Å². The summed E-state index contributed by atoms with van der Waals surface area (Å²) in [5.41, 5.74) is -0.868. The van der Waals surface area contributed by atoms with E-state index in [1.165, 1.54) is 18.6 Å². The molecule has 1 aromatic heterocycles. The Labute approximate surface area is 138 Å². The van der Waals surface area contributed by atoms with Crippen LogP contribution in [0.2, 0.25) is 5.02 Å². The minimum Gasteiger partial charge on any atom is -0.319 e. The molecule has 6 heteroatoms. The molecule has 2 atom stereocenters. The SMILES string of the molecule is CC1CC1CCCCC(F)(F)c1nc2ccc(Cl)cc2[nH]c1=O. The van der Waals surface area contributed by atoms with Gasteiger partial charge < -0.3 is 4.98 Å². The van der Waals surface area contributed by atoms with Crippen LogP contribution in [0, 0.1) is 11.8 Å². The highest BCUT2D eigenvalue weighted by atomic mass is 35.5. The Bertz CT molecular complexity index is 775. The highest BCUT2D eigenvalue weighted by Gasteiger charge is 2.37. The van der Waals surface area contributed by atoms with Crippen molar-refractivity contribution >= 4 is 22.6 Å². The molecule has 1 aromatic carbocycles. The number of benzene rings is 1. The van der Waals surface area contributed by atoms with E-state index in [1.54, 1.807) is 6.07 Å². The predicted molar refractivity (Wildman–Crippen MR) is 87.0 cm³/mol. The Balaban J connectivity index is 1.73. The van der Waals surface area contributed by atoms with Crippen LogP contribution in [0.3, 0.4) is 0 Å². The lowest BCUT2D eigenvalue weighted by atomic mass is 10.0. The Morgan fingerprint density at radius 3 is 2.83 bits per heavy atom. The number of rotatable bonds is 6. The highest BCUT2D eigenvalue weighted by Crippen LogP contribution is 2.42. The maximum absolute atomic E-state index is 14.3. The number of hydrogen-bond acceptors (Lipinski definition) is 2. The van der Waals surface area contributed by atoms with Crippen LogP contribution < -0.4 is 5.56 Å². The van der Waals surface area contributed by atoms with Crippen LogP contribution in [0.1, 0.15) is 44.7 Å². The molecular formula is C17H19ClF2N2O. The molecule has 1 heterocycles. The fraction of sp³-hybridized carbons (Fsp3) is 0.529. The van der Waals surface area contributed by atoms with Crippen LogP contribution in [-0.2, 0) is 5.92 Å². The number of hydrogen-bond donors (Lipinski definition) is 1. The number of alkyl halides is 2. The van der Waals surface area contributed by atoms with Gasteiger partial charge in [-0.15, -0.1) is 0 Å². The summed E-state index contributed by atoms with van der Waals surface area (Å²) in [6.45, 7) is 2.18. The number of nitrogens with one attached hydrogen (secondary N) is 1. The van der Waals surface area contributed by atoms with Crippen molar-refractivity contribution in [3.05, 3.63) is 39.3 Å². The number of fused-ring (bicyclic) bond motifs is 1. The molecule has 23 heavy (non-hydrogen) atoms. The maximum atomic E-state index is 14.3. The van der Waals surface area contributed by atoms with E-state index in [-0.39, 0.29) is 6.42 Å². The van der Waals surface area contributed by atoms with Gasteiger partial charge in [0.05, 0.1) is 11.0 Å². The number of nitrogens with zero attached hydrogens (tertiary/aromatic N) is 1. The lowest BCUT2D eigenvalue weighted by Gasteiger charge is -2.15. The first-order valence-corrected chi connectivity index (χ1v) is 8.32. The number of halogens is 3.